The van der Waals surface area contributed by atoms with Gasteiger partial charge in [0, 0.05) is 6.61 Å². The first-order chi connectivity index (χ1) is 6.86. The van der Waals surface area contributed by atoms with E-state index >= 15 is 0 Å². The minimum atomic E-state index is 0.537. The molecule has 0 unspecified atom stereocenters. The molecule has 2 nitrogen and oxygen atoms in total. The van der Waals surface area contributed by atoms with Gasteiger partial charge in [-0.25, -0.2) is 0 Å². The van der Waals surface area contributed by atoms with E-state index in [0.717, 1.165) is 19.1 Å². The first-order valence-electron chi connectivity index (χ1n) is 6.18. The van der Waals surface area contributed by atoms with Crippen LogP contribution in [0.25, 0.3) is 0 Å². The molecule has 0 aliphatic heterocycles. The molecule has 0 aromatic carbocycles. The molecule has 1 aliphatic carbocycles. The maximum Gasteiger partial charge on any atom is 0.0581 e. The van der Waals surface area contributed by atoms with Crippen molar-refractivity contribution in [1.29, 1.82) is 0 Å². The molecular formula is C12H25NO. The van der Waals surface area contributed by atoms with Crippen molar-refractivity contribution in [2.75, 3.05) is 13.2 Å². The quantitative estimate of drug-likeness (QED) is 0.610. The van der Waals surface area contributed by atoms with E-state index in [1.807, 2.05) is 0 Å². The van der Waals surface area contributed by atoms with Crippen LogP contribution in [0.5, 0.6) is 0 Å². The Hall–Kier alpha value is -0.0800. The zero-order valence-corrected chi connectivity index (χ0v) is 9.50. The third-order valence-corrected chi connectivity index (χ3v) is 3.13. The van der Waals surface area contributed by atoms with Crippen molar-refractivity contribution in [2.24, 2.45) is 11.7 Å². The normalized spacial score (nSPS) is 26.1. The monoisotopic (exact) mass is 199 g/mol. The van der Waals surface area contributed by atoms with Crippen molar-refractivity contribution in [2.45, 2.75) is 58.0 Å². The Morgan fingerprint density at radius 3 is 2.50 bits per heavy atom. The van der Waals surface area contributed by atoms with E-state index in [1.54, 1.807) is 0 Å². The topological polar surface area (TPSA) is 35.2 Å². The lowest BCUT2D eigenvalue weighted by Gasteiger charge is -2.34. The molecule has 0 radical (unpaired) electrons. The SMILES string of the molecule is CCCCCCCOC1CC(CN)C1. The van der Waals surface area contributed by atoms with Gasteiger partial charge in [0.05, 0.1) is 6.10 Å². The molecule has 0 saturated heterocycles. The van der Waals surface area contributed by atoms with Gasteiger partial charge in [-0.15, -0.1) is 0 Å². The van der Waals surface area contributed by atoms with Gasteiger partial charge in [0.15, 0.2) is 0 Å². The first kappa shape index (κ1) is 12.0. The summed E-state index contributed by atoms with van der Waals surface area (Å²) in [6.45, 7) is 4.06. The molecule has 0 aromatic rings. The average Bonchev–Trinajstić information content (AvgIpc) is 2.14. The van der Waals surface area contributed by atoms with Gasteiger partial charge >= 0.3 is 0 Å². The van der Waals surface area contributed by atoms with Gasteiger partial charge in [-0.3, -0.25) is 0 Å². The number of hydrogen-bond donors (Lipinski definition) is 1. The standard InChI is InChI=1S/C12H25NO/c1-2-3-4-5-6-7-14-12-8-11(9-12)10-13/h11-12H,2-10,13H2,1H3. The van der Waals surface area contributed by atoms with E-state index in [9.17, 15) is 0 Å². The van der Waals surface area contributed by atoms with Gasteiger partial charge in [-0.2, -0.15) is 0 Å². The predicted octanol–water partition coefficient (Wildman–Crippen LogP) is 2.71. The average molecular weight is 199 g/mol. The van der Waals surface area contributed by atoms with E-state index in [2.05, 4.69) is 6.92 Å². The lowest BCUT2D eigenvalue weighted by atomic mass is 9.82. The zero-order chi connectivity index (χ0) is 10.2. The Kier molecular flexibility index (Phi) is 6.20. The van der Waals surface area contributed by atoms with Crippen molar-refractivity contribution >= 4 is 0 Å². The Morgan fingerprint density at radius 2 is 1.86 bits per heavy atom. The number of rotatable bonds is 8. The van der Waals surface area contributed by atoms with Gasteiger partial charge in [-0.05, 0) is 31.7 Å². The fourth-order valence-electron chi connectivity index (χ4n) is 1.96. The molecule has 2 heteroatoms. The summed E-state index contributed by atoms with van der Waals surface area (Å²) in [6, 6.07) is 0. The fraction of sp³-hybridized carbons (Fsp3) is 1.00. The highest BCUT2D eigenvalue weighted by Crippen LogP contribution is 2.28. The molecule has 14 heavy (non-hydrogen) atoms. The Morgan fingerprint density at radius 1 is 1.14 bits per heavy atom. The smallest absolute Gasteiger partial charge is 0.0581 e. The molecule has 1 rings (SSSR count). The summed E-state index contributed by atoms with van der Waals surface area (Å²) < 4.78 is 5.73. The fourth-order valence-corrected chi connectivity index (χ4v) is 1.96. The Bertz CT molecular complexity index is 132. The number of hydrogen-bond acceptors (Lipinski definition) is 2. The van der Waals surface area contributed by atoms with E-state index < -0.39 is 0 Å². The highest BCUT2D eigenvalue weighted by atomic mass is 16.5. The molecule has 0 spiro atoms. The van der Waals surface area contributed by atoms with Crippen LogP contribution in [0.3, 0.4) is 0 Å². The van der Waals surface area contributed by atoms with Crippen LogP contribution >= 0.6 is 0 Å². The van der Waals surface area contributed by atoms with Crippen molar-refractivity contribution in [1.82, 2.24) is 0 Å². The van der Waals surface area contributed by atoms with Crippen molar-refractivity contribution in [3.05, 3.63) is 0 Å². The molecule has 84 valence electrons. The summed E-state index contributed by atoms with van der Waals surface area (Å²) in [4.78, 5) is 0. The largest absolute Gasteiger partial charge is 0.378 e. The van der Waals surface area contributed by atoms with Crippen LogP contribution in [0.2, 0.25) is 0 Å². The summed E-state index contributed by atoms with van der Waals surface area (Å²) in [7, 11) is 0. The van der Waals surface area contributed by atoms with Gasteiger partial charge in [0.1, 0.15) is 0 Å². The second-order valence-electron chi connectivity index (χ2n) is 4.48. The molecule has 1 aliphatic rings. The summed E-state index contributed by atoms with van der Waals surface area (Å²) in [6.07, 6.45) is 9.58. The molecule has 0 bridgehead atoms. The number of unbranched alkanes of at least 4 members (excludes halogenated alkanes) is 4. The van der Waals surface area contributed by atoms with Crippen LogP contribution < -0.4 is 5.73 Å². The van der Waals surface area contributed by atoms with Gasteiger partial charge in [-0.1, -0.05) is 32.6 Å². The maximum atomic E-state index is 5.73. The molecule has 1 saturated carbocycles. The van der Waals surface area contributed by atoms with Crippen molar-refractivity contribution in [3.63, 3.8) is 0 Å². The Balaban J connectivity index is 1.77. The van der Waals surface area contributed by atoms with Gasteiger partial charge < -0.3 is 10.5 Å². The summed E-state index contributed by atoms with van der Waals surface area (Å²) >= 11 is 0. The maximum absolute atomic E-state index is 5.73. The third kappa shape index (κ3) is 4.43. The van der Waals surface area contributed by atoms with Crippen LogP contribution in [0.4, 0.5) is 0 Å². The lowest BCUT2D eigenvalue weighted by Crippen LogP contribution is -2.36. The second-order valence-corrected chi connectivity index (χ2v) is 4.48. The minimum absolute atomic E-state index is 0.537. The Labute approximate surface area is 88.2 Å². The molecule has 0 amide bonds. The third-order valence-electron chi connectivity index (χ3n) is 3.13. The zero-order valence-electron chi connectivity index (χ0n) is 9.50. The molecule has 0 aromatic heterocycles. The molecule has 2 N–H and O–H groups in total. The molecule has 0 heterocycles. The van der Waals surface area contributed by atoms with Crippen molar-refractivity contribution < 1.29 is 4.74 Å². The van der Waals surface area contributed by atoms with E-state index in [1.165, 1.54) is 44.9 Å². The van der Waals surface area contributed by atoms with Crippen LogP contribution in [-0.4, -0.2) is 19.3 Å². The molecule has 0 atom stereocenters. The van der Waals surface area contributed by atoms with Gasteiger partial charge in [0.25, 0.3) is 0 Å². The van der Waals surface area contributed by atoms with E-state index in [4.69, 9.17) is 10.5 Å². The molecular weight excluding hydrogens is 174 g/mol. The van der Waals surface area contributed by atoms with Crippen LogP contribution in [0.15, 0.2) is 0 Å². The van der Waals surface area contributed by atoms with E-state index in [-0.39, 0.29) is 0 Å². The van der Waals surface area contributed by atoms with E-state index in [0.29, 0.717) is 6.10 Å². The second kappa shape index (κ2) is 7.24. The van der Waals surface area contributed by atoms with Crippen LogP contribution in [0, 0.1) is 5.92 Å². The van der Waals surface area contributed by atoms with Crippen LogP contribution in [0.1, 0.15) is 51.9 Å². The van der Waals surface area contributed by atoms with Gasteiger partial charge in [0.2, 0.25) is 0 Å². The number of ether oxygens (including phenoxy) is 1. The van der Waals surface area contributed by atoms with Crippen molar-refractivity contribution in [3.8, 4) is 0 Å². The van der Waals surface area contributed by atoms with Crippen LogP contribution in [-0.2, 0) is 4.74 Å². The first-order valence-corrected chi connectivity index (χ1v) is 6.18. The highest BCUT2D eigenvalue weighted by molar-refractivity contribution is 4.80. The highest BCUT2D eigenvalue weighted by Gasteiger charge is 2.28. The number of nitrogens with two attached hydrogens (primary N) is 1. The lowest BCUT2D eigenvalue weighted by molar-refractivity contribution is -0.0291. The predicted molar refractivity (Wildman–Crippen MR) is 60.3 cm³/mol. The molecule has 1 fully saturated rings. The minimum Gasteiger partial charge on any atom is -0.378 e. The summed E-state index contributed by atoms with van der Waals surface area (Å²) in [5, 5.41) is 0. The summed E-state index contributed by atoms with van der Waals surface area (Å²) in [5.74, 6) is 0.750. The summed E-state index contributed by atoms with van der Waals surface area (Å²) in [5.41, 5.74) is 5.55.